The van der Waals surface area contributed by atoms with Gasteiger partial charge in [0, 0.05) is 31.7 Å². The van der Waals surface area contributed by atoms with Gasteiger partial charge in [-0.25, -0.2) is 4.79 Å². The van der Waals surface area contributed by atoms with E-state index >= 15 is 0 Å². The van der Waals surface area contributed by atoms with Gasteiger partial charge in [0.2, 0.25) is 5.91 Å². The maximum absolute atomic E-state index is 11.7. The molecular weight excluding hydrogens is 232 g/mol. The SMILES string of the molecule is CCCNC(=O)NC(=O)CN1CCNCC1(C)C. The van der Waals surface area contributed by atoms with Crippen LogP contribution in [0.2, 0.25) is 0 Å². The summed E-state index contributed by atoms with van der Waals surface area (Å²) in [6, 6.07) is -0.408. The Morgan fingerprint density at radius 2 is 2.11 bits per heavy atom. The minimum atomic E-state index is -0.408. The summed E-state index contributed by atoms with van der Waals surface area (Å²) in [5.41, 5.74) is -0.0600. The molecule has 6 heteroatoms. The molecule has 0 aliphatic carbocycles. The molecule has 0 spiro atoms. The summed E-state index contributed by atoms with van der Waals surface area (Å²) in [7, 11) is 0. The van der Waals surface area contributed by atoms with Crippen LogP contribution in [0.15, 0.2) is 0 Å². The van der Waals surface area contributed by atoms with Gasteiger partial charge >= 0.3 is 6.03 Å². The average Bonchev–Trinajstić information content (AvgIpc) is 2.29. The van der Waals surface area contributed by atoms with E-state index in [0.29, 0.717) is 6.54 Å². The number of hydrogen-bond donors (Lipinski definition) is 3. The highest BCUT2D eigenvalue weighted by molar-refractivity contribution is 5.95. The molecule has 0 aromatic carbocycles. The molecule has 0 bridgehead atoms. The van der Waals surface area contributed by atoms with Gasteiger partial charge in [0.1, 0.15) is 0 Å². The van der Waals surface area contributed by atoms with Crippen molar-refractivity contribution in [1.82, 2.24) is 20.9 Å². The minimum Gasteiger partial charge on any atom is -0.338 e. The molecule has 0 atom stereocenters. The quantitative estimate of drug-likeness (QED) is 0.657. The van der Waals surface area contributed by atoms with E-state index in [1.54, 1.807) is 0 Å². The largest absolute Gasteiger partial charge is 0.338 e. The molecule has 0 aromatic heterocycles. The first-order chi connectivity index (χ1) is 8.45. The zero-order valence-corrected chi connectivity index (χ0v) is 11.5. The monoisotopic (exact) mass is 256 g/mol. The minimum absolute atomic E-state index is 0.0600. The smallest absolute Gasteiger partial charge is 0.321 e. The Bertz CT molecular complexity index is 304. The number of urea groups is 1. The van der Waals surface area contributed by atoms with Gasteiger partial charge in [0.25, 0.3) is 0 Å². The van der Waals surface area contributed by atoms with Gasteiger partial charge in [-0.05, 0) is 20.3 Å². The first-order valence-corrected chi connectivity index (χ1v) is 6.49. The first kappa shape index (κ1) is 14.9. The third kappa shape index (κ3) is 4.62. The lowest BCUT2D eigenvalue weighted by Crippen LogP contribution is -2.60. The predicted molar refractivity (Wildman–Crippen MR) is 70.4 cm³/mol. The average molecular weight is 256 g/mol. The summed E-state index contributed by atoms with van der Waals surface area (Å²) < 4.78 is 0. The van der Waals surface area contributed by atoms with Gasteiger partial charge in [-0.3, -0.25) is 15.0 Å². The Hall–Kier alpha value is -1.14. The molecule has 0 radical (unpaired) electrons. The maximum Gasteiger partial charge on any atom is 0.321 e. The molecule has 1 aliphatic heterocycles. The zero-order valence-electron chi connectivity index (χ0n) is 11.5. The lowest BCUT2D eigenvalue weighted by Gasteiger charge is -2.42. The highest BCUT2D eigenvalue weighted by atomic mass is 16.2. The standard InChI is InChI=1S/C12H24N4O2/c1-4-5-14-11(18)15-10(17)8-16-7-6-13-9-12(16,2)3/h13H,4-9H2,1-3H3,(H2,14,15,17,18). The van der Waals surface area contributed by atoms with E-state index in [2.05, 4.69) is 34.7 Å². The fourth-order valence-electron chi connectivity index (χ4n) is 1.94. The second-order valence-corrected chi connectivity index (χ2v) is 5.21. The van der Waals surface area contributed by atoms with Crippen molar-refractivity contribution in [2.45, 2.75) is 32.7 Å². The molecule has 1 saturated heterocycles. The Morgan fingerprint density at radius 1 is 1.39 bits per heavy atom. The second-order valence-electron chi connectivity index (χ2n) is 5.21. The summed E-state index contributed by atoms with van der Waals surface area (Å²) in [5.74, 6) is -0.251. The highest BCUT2D eigenvalue weighted by Gasteiger charge is 2.30. The van der Waals surface area contributed by atoms with Crippen LogP contribution >= 0.6 is 0 Å². The predicted octanol–water partition coefficient (Wildman–Crippen LogP) is -0.0940. The number of carbonyl (C=O) groups is 2. The van der Waals surface area contributed by atoms with Crippen molar-refractivity contribution in [3.05, 3.63) is 0 Å². The van der Waals surface area contributed by atoms with Gasteiger partial charge in [-0.15, -0.1) is 0 Å². The normalized spacial score (nSPS) is 19.3. The van der Waals surface area contributed by atoms with E-state index < -0.39 is 6.03 Å². The summed E-state index contributed by atoms with van der Waals surface area (Å²) in [6.45, 7) is 9.52. The Balaban J connectivity index is 2.37. The number of imide groups is 1. The number of carbonyl (C=O) groups excluding carboxylic acids is 2. The molecule has 1 aliphatic rings. The topological polar surface area (TPSA) is 73.5 Å². The molecule has 1 heterocycles. The van der Waals surface area contributed by atoms with E-state index in [9.17, 15) is 9.59 Å². The molecule has 0 unspecified atom stereocenters. The summed E-state index contributed by atoms with van der Waals surface area (Å²) >= 11 is 0. The van der Waals surface area contributed by atoms with Crippen molar-refractivity contribution in [2.24, 2.45) is 0 Å². The summed E-state index contributed by atoms with van der Waals surface area (Å²) in [6.07, 6.45) is 0.854. The van der Waals surface area contributed by atoms with Gasteiger partial charge < -0.3 is 10.6 Å². The van der Waals surface area contributed by atoms with E-state index in [-0.39, 0.29) is 18.0 Å². The van der Waals surface area contributed by atoms with Crippen molar-refractivity contribution in [3.63, 3.8) is 0 Å². The highest BCUT2D eigenvalue weighted by Crippen LogP contribution is 2.15. The third-order valence-electron chi connectivity index (χ3n) is 3.10. The molecule has 3 amide bonds. The van der Waals surface area contributed by atoms with Crippen molar-refractivity contribution in [2.75, 3.05) is 32.7 Å². The number of nitrogens with zero attached hydrogens (tertiary/aromatic N) is 1. The van der Waals surface area contributed by atoms with Crippen LogP contribution in [0.1, 0.15) is 27.2 Å². The molecule has 3 N–H and O–H groups in total. The number of amides is 3. The van der Waals surface area contributed by atoms with Crippen LogP contribution < -0.4 is 16.0 Å². The van der Waals surface area contributed by atoms with Crippen LogP contribution in [0.5, 0.6) is 0 Å². The third-order valence-corrected chi connectivity index (χ3v) is 3.10. The lowest BCUT2D eigenvalue weighted by molar-refractivity contribution is -0.122. The number of hydrogen-bond acceptors (Lipinski definition) is 4. The van der Waals surface area contributed by atoms with E-state index in [0.717, 1.165) is 26.1 Å². The Morgan fingerprint density at radius 3 is 2.72 bits per heavy atom. The van der Waals surface area contributed by atoms with Crippen LogP contribution in [0.25, 0.3) is 0 Å². The molecule has 0 aromatic rings. The second kappa shape index (κ2) is 6.70. The molecule has 0 saturated carbocycles. The van der Waals surface area contributed by atoms with Gasteiger partial charge in [0.15, 0.2) is 0 Å². The van der Waals surface area contributed by atoms with Crippen LogP contribution in [-0.4, -0.2) is 55.1 Å². The van der Waals surface area contributed by atoms with Crippen LogP contribution in [0, 0.1) is 0 Å². The molecule has 104 valence electrons. The maximum atomic E-state index is 11.7. The van der Waals surface area contributed by atoms with E-state index in [4.69, 9.17) is 0 Å². The first-order valence-electron chi connectivity index (χ1n) is 6.49. The van der Waals surface area contributed by atoms with Crippen molar-refractivity contribution in [3.8, 4) is 0 Å². The summed E-state index contributed by atoms with van der Waals surface area (Å²) in [4.78, 5) is 25.2. The molecule has 1 rings (SSSR count). The Labute approximate surface area is 108 Å². The van der Waals surface area contributed by atoms with Gasteiger partial charge in [-0.2, -0.15) is 0 Å². The number of nitrogens with one attached hydrogen (secondary N) is 3. The van der Waals surface area contributed by atoms with Crippen LogP contribution in [0.3, 0.4) is 0 Å². The molecular formula is C12H24N4O2. The number of piperazine rings is 1. The van der Waals surface area contributed by atoms with Crippen LogP contribution in [-0.2, 0) is 4.79 Å². The van der Waals surface area contributed by atoms with Crippen molar-refractivity contribution < 1.29 is 9.59 Å². The van der Waals surface area contributed by atoms with E-state index in [1.165, 1.54) is 0 Å². The zero-order chi connectivity index (χ0) is 13.6. The van der Waals surface area contributed by atoms with Crippen molar-refractivity contribution in [1.29, 1.82) is 0 Å². The number of rotatable bonds is 4. The van der Waals surface area contributed by atoms with Crippen LogP contribution in [0.4, 0.5) is 4.79 Å². The Kier molecular flexibility index (Phi) is 5.55. The summed E-state index contributed by atoms with van der Waals surface area (Å²) in [5, 5.41) is 8.26. The molecule has 1 fully saturated rings. The molecule has 18 heavy (non-hydrogen) atoms. The lowest BCUT2D eigenvalue weighted by atomic mass is 10.0. The van der Waals surface area contributed by atoms with Crippen molar-refractivity contribution >= 4 is 11.9 Å². The van der Waals surface area contributed by atoms with Gasteiger partial charge in [-0.1, -0.05) is 6.92 Å². The van der Waals surface area contributed by atoms with E-state index in [1.807, 2.05) is 6.92 Å². The fraction of sp³-hybridized carbons (Fsp3) is 0.833. The molecule has 6 nitrogen and oxygen atoms in total. The fourth-order valence-corrected chi connectivity index (χ4v) is 1.94. The van der Waals surface area contributed by atoms with Gasteiger partial charge in [0.05, 0.1) is 6.54 Å².